The average molecular weight is 1000 g/mol. The van der Waals surface area contributed by atoms with E-state index in [4.69, 9.17) is 19.4 Å². The third-order valence-electron chi connectivity index (χ3n) is 14.7. The summed E-state index contributed by atoms with van der Waals surface area (Å²) in [5, 5.41) is 6.78. The molecule has 2 N–H and O–H groups in total. The van der Waals surface area contributed by atoms with Crippen LogP contribution in [-0.2, 0) is 57.9 Å². The number of sulfone groups is 1. The normalized spacial score (nSPS) is 24.1. The minimum atomic E-state index is -3.64. The zero-order valence-corrected chi connectivity index (χ0v) is 43.9. The molecule has 8 rings (SSSR count). The molecule has 70 heavy (non-hydrogen) atoms. The highest BCUT2D eigenvalue weighted by atomic mass is 32.2. The maximum Gasteiger partial charge on any atom is 0.259 e. The van der Waals surface area contributed by atoms with Crippen molar-refractivity contribution in [2.75, 3.05) is 77.8 Å². The third kappa shape index (κ3) is 10.4. The molecule has 380 valence electrons. The average Bonchev–Trinajstić information content (AvgIpc) is 4.04. The van der Waals surface area contributed by atoms with Crippen molar-refractivity contribution in [2.45, 2.75) is 116 Å². The van der Waals surface area contributed by atoms with Gasteiger partial charge in [0, 0.05) is 87.3 Å². The monoisotopic (exact) mass is 1000 g/mol. The number of carbonyl (C=O) groups excluding carboxylic acids is 4. The van der Waals surface area contributed by atoms with Crippen molar-refractivity contribution in [1.82, 2.24) is 40.1 Å². The van der Waals surface area contributed by atoms with Gasteiger partial charge in [-0.25, -0.2) is 18.8 Å². The largest absolute Gasteiger partial charge is 0.378 e. The van der Waals surface area contributed by atoms with E-state index in [1.165, 1.54) is 28.3 Å². The number of fused-ring (bicyclic) bond motifs is 6. The highest BCUT2D eigenvalue weighted by Crippen LogP contribution is 2.43. The van der Waals surface area contributed by atoms with Crippen LogP contribution in [-0.4, -0.2) is 158 Å². The van der Waals surface area contributed by atoms with E-state index < -0.39 is 61.8 Å². The van der Waals surface area contributed by atoms with Crippen LogP contribution >= 0.6 is 11.3 Å². The van der Waals surface area contributed by atoms with Gasteiger partial charge in [0.2, 0.25) is 11.8 Å². The number of carbonyl (C=O) groups is 4. The lowest BCUT2D eigenvalue weighted by Crippen LogP contribution is -2.66. The Bertz CT molecular complexity index is 2710. The SMILES string of the molecule is CCn1c(-c2cc(N3CCN(C)CC3)cnc2[C@H](C)OC)c2c3cc(ccc31)-c1csc(n1)C[C@H](NC(=O)[C@H](C(C)C)N(C)C(=O)[C@@H]1CCCS1(=O)=O)C(=O)N1CCC[C@](C=O)(COCC(C)(C)C2)N1. The van der Waals surface area contributed by atoms with Gasteiger partial charge in [-0.05, 0) is 88.1 Å². The molecule has 4 aliphatic rings. The molecule has 3 amide bonds. The third-order valence-corrected chi connectivity index (χ3v) is 17.8. The molecule has 0 saturated carbocycles. The first-order valence-corrected chi connectivity index (χ1v) is 27.4. The summed E-state index contributed by atoms with van der Waals surface area (Å²) < 4.78 is 40.6. The summed E-state index contributed by atoms with van der Waals surface area (Å²) in [6.45, 7) is 17.1. The van der Waals surface area contributed by atoms with E-state index in [2.05, 4.69) is 77.2 Å². The Hall–Kier alpha value is -4.79. The van der Waals surface area contributed by atoms with Gasteiger partial charge in [-0.1, -0.05) is 33.8 Å². The van der Waals surface area contributed by atoms with Gasteiger partial charge in [-0.3, -0.25) is 24.4 Å². The van der Waals surface area contributed by atoms with Crippen molar-refractivity contribution in [3.05, 3.63) is 52.1 Å². The summed E-state index contributed by atoms with van der Waals surface area (Å²) in [7, 11) is 1.67. The summed E-state index contributed by atoms with van der Waals surface area (Å²) in [6.07, 6.45) is 4.65. The number of hydrogen-bond donors (Lipinski definition) is 2. The van der Waals surface area contributed by atoms with E-state index in [0.717, 1.165) is 77.1 Å². The second kappa shape index (κ2) is 20.7. The fourth-order valence-corrected chi connectivity index (χ4v) is 13.5. The zero-order valence-electron chi connectivity index (χ0n) is 42.2. The Morgan fingerprint density at radius 3 is 2.53 bits per heavy atom. The number of nitrogens with zero attached hydrogens (tertiary/aromatic N) is 7. The number of piperazine rings is 1. The first-order chi connectivity index (χ1) is 33.3. The van der Waals surface area contributed by atoms with Crippen molar-refractivity contribution in [2.24, 2.45) is 11.3 Å². The van der Waals surface area contributed by atoms with Crippen molar-refractivity contribution < 1.29 is 37.1 Å². The van der Waals surface area contributed by atoms with Crippen LogP contribution in [0.2, 0.25) is 0 Å². The van der Waals surface area contributed by atoms with Crippen LogP contribution < -0.4 is 15.6 Å². The molecule has 4 aromatic rings. The Kier molecular flexibility index (Phi) is 15.3. The van der Waals surface area contributed by atoms with Crippen LogP contribution in [0, 0.1) is 11.3 Å². The minimum absolute atomic E-state index is 0.00317. The van der Waals surface area contributed by atoms with Gasteiger partial charge >= 0.3 is 0 Å². The van der Waals surface area contributed by atoms with Gasteiger partial charge in [0.05, 0.1) is 59.0 Å². The van der Waals surface area contributed by atoms with Gasteiger partial charge < -0.3 is 38.9 Å². The molecular formula is C51H71N9O8S2. The van der Waals surface area contributed by atoms with Crippen molar-refractivity contribution in [3.63, 3.8) is 0 Å². The number of ether oxygens (including phenoxy) is 2. The number of thiazole rings is 1. The molecular weight excluding hydrogens is 931 g/mol. The molecule has 7 heterocycles. The molecule has 0 aliphatic carbocycles. The van der Waals surface area contributed by atoms with Crippen LogP contribution in [0.1, 0.15) is 89.6 Å². The lowest BCUT2D eigenvalue weighted by molar-refractivity contribution is -0.148. The van der Waals surface area contributed by atoms with E-state index in [9.17, 15) is 27.6 Å². The number of hydrogen-bond acceptors (Lipinski definition) is 14. The summed E-state index contributed by atoms with van der Waals surface area (Å²) >= 11 is 1.38. The van der Waals surface area contributed by atoms with Gasteiger partial charge in [-0.2, -0.15) is 0 Å². The smallest absolute Gasteiger partial charge is 0.259 e. The number of aryl methyl sites for hydroxylation is 1. The first kappa shape index (κ1) is 51.6. The van der Waals surface area contributed by atoms with Crippen LogP contribution in [0.3, 0.4) is 0 Å². The van der Waals surface area contributed by atoms with E-state index in [0.29, 0.717) is 49.5 Å². The van der Waals surface area contributed by atoms with Crippen LogP contribution in [0.4, 0.5) is 5.69 Å². The number of methoxy groups -OCH3 is 1. The molecule has 3 fully saturated rings. The van der Waals surface area contributed by atoms with E-state index in [-0.39, 0.29) is 37.9 Å². The van der Waals surface area contributed by atoms with Gasteiger partial charge in [-0.15, -0.1) is 11.3 Å². The molecule has 17 nitrogen and oxygen atoms in total. The number of nitrogens with one attached hydrogen (secondary N) is 2. The van der Waals surface area contributed by atoms with E-state index >= 15 is 0 Å². The number of rotatable bonds is 11. The molecule has 3 aromatic heterocycles. The lowest BCUT2D eigenvalue weighted by Gasteiger charge is -2.42. The number of pyridine rings is 1. The number of aldehydes is 1. The first-order valence-electron chi connectivity index (χ1n) is 24.8. The van der Waals surface area contributed by atoms with Crippen molar-refractivity contribution in [1.29, 1.82) is 0 Å². The number of benzene rings is 1. The standard InChI is InChI=1S/C51H71N9O8S2/c1-10-59-41-15-14-34-23-36(41)38(46(59)37-24-35(27-52-44(37)33(4)67-9)58-20-18-56(7)19-21-58)26-50(5,6)30-68-31-51(29-61)16-12-17-60(55-51)48(63)39(25-43-53-40(34)28-69-43)54-47(62)45(32(2)3)57(8)49(64)42-13-11-22-70(42,65)66/h14-15,23-24,27-29,32-33,39,42,45,55H,10-13,16-22,25-26,30-31H2,1-9H3,(H,54,62)/t33-,39-,42-,45-,51-/m0/s1. The van der Waals surface area contributed by atoms with Crippen molar-refractivity contribution in [3.8, 4) is 22.5 Å². The lowest BCUT2D eigenvalue weighted by atomic mass is 9.84. The number of aromatic nitrogens is 3. The van der Waals surface area contributed by atoms with Crippen LogP contribution in [0.15, 0.2) is 35.8 Å². The molecule has 19 heteroatoms. The maximum atomic E-state index is 14.8. The molecule has 0 unspecified atom stereocenters. The number of hydrazine groups is 1. The number of likely N-dealkylation sites (N-methyl/N-ethyl adjacent to an activating group) is 2. The maximum absolute atomic E-state index is 14.8. The quantitative estimate of drug-likeness (QED) is 0.190. The Balaban J connectivity index is 1.22. The van der Waals surface area contributed by atoms with Crippen molar-refractivity contribution >= 4 is 61.8 Å². The highest BCUT2D eigenvalue weighted by molar-refractivity contribution is 7.93. The highest BCUT2D eigenvalue weighted by Gasteiger charge is 2.44. The van der Waals surface area contributed by atoms with Crippen LogP contribution in [0.25, 0.3) is 33.4 Å². The second-order valence-electron chi connectivity index (χ2n) is 20.9. The molecule has 3 saturated heterocycles. The molecule has 1 aromatic carbocycles. The Labute approximate surface area is 416 Å². The second-order valence-corrected chi connectivity index (χ2v) is 24.2. The van der Waals surface area contributed by atoms with E-state index in [1.807, 2.05) is 18.5 Å². The van der Waals surface area contributed by atoms with Gasteiger partial charge in [0.1, 0.15) is 29.2 Å². The number of anilines is 1. The summed E-state index contributed by atoms with van der Waals surface area (Å²) in [5.74, 6) is -2.20. The molecule has 0 spiro atoms. The Morgan fingerprint density at radius 1 is 1.10 bits per heavy atom. The summed E-state index contributed by atoms with van der Waals surface area (Å²) in [6, 6.07) is 6.49. The zero-order chi connectivity index (χ0) is 50.3. The molecule has 0 radical (unpaired) electrons. The Morgan fingerprint density at radius 2 is 1.86 bits per heavy atom. The fourth-order valence-electron chi connectivity index (χ4n) is 10.8. The fraction of sp³-hybridized carbons (Fsp3) is 0.608. The molecule has 4 aliphatic heterocycles. The van der Waals surface area contributed by atoms with Crippen LogP contribution in [0.5, 0.6) is 0 Å². The van der Waals surface area contributed by atoms with Gasteiger partial charge in [0.25, 0.3) is 5.91 Å². The molecule has 6 bridgehead atoms. The van der Waals surface area contributed by atoms with Gasteiger partial charge in [0.15, 0.2) is 9.84 Å². The topological polar surface area (TPSA) is 189 Å². The minimum Gasteiger partial charge on any atom is -0.378 e. The number of amides is 3. The predicted octanol–water partition coefficient (Wildman–Crippen LogP) is 5.06. The summed E-state index contributed by atoms with van der Waals surface area (Å²) in [5.41, 5.74) is 9.36. The van der Waals surface area contributed by atoms with E-state index in [1.54, 1.807) is 21.0 Å². The predicted molar refractivity (Wildman–Crippen MR) is 272 cm³/mol. The summed E-state index contributed by atoms with van der Waals surface area (Å²) in [4.78, 5) is 72.3. The molecule has 5 atom stereocenters.